The molecule has 1 saturated heterocycles. The Kier molecular flexibility index (Phi) is 5.41. The van der Waals surface area contributed by atoms with Gasteiger partial charge in [-0.05, 0) is 37.5 Å². The first-order valence-corrected chi connectivity index (χ1v) is 7.33. The molecule has 0 aromatic heterocycles. The van der Waals surface area contributed by atoms with Crippen molar-refractivity contribution in [2.75, 3.05) is 26.7 Å². The van der Waals surface area contributed by atoms with Crippen molar-refractivity contribution in [2.45, 2.75) is 32.2 Å². The number of benzene rings is 1. The van der Waals surface area contributed by atoms with Crippen molar-refractivity contribution in [2.24, 2.45) is 0 Å². The summed E-state index contributed by atoms with van der Waals surface area (Å²) in [7, 11) is 1.67. The number of piperazine rings is 1. The molecular formula is C16H24N2O2. The number of rotatable bonds is 5. The van der Waals surface area contributed by atoms with E-state index in [2.05, 4.69) is 24.4 Å². The number of aryl methyl sites for hydroxylation is 1. The van der Waals surface area contributed by atoms with E-state index in [1.165, 1.54) is 5.56 Å². The molecule has 1 amide bonds. The summed E-state index contributed by atoms with van der Waals surface area (Å²) in [5.74, 6) is 1.16. The summed E-state index contributed by atoms with van der Waals surface area (Å²) in [5, 5.41) is 3.35. The van der Waals surface area contributed by atoms with E-state index < -0.39 is 0 Å². The number of nitrogens with zero attached hydrogens (tertiary/aromatic N) is 1. The first kappa shape index (κ1) is 14.9. The summed E-state index contributed by atoms with van der Waals surface area (Å²) in [6.07, 6.45) is 2.49. The molecule has 1 fully saturated rings. The minimum atomic E-state index is 0.284. The van der Waals surface area contributed by atoms with Gasteiger partial charge < -0.3 is 15.0 Å². The molecule has 1 heterocycles. The van der Waals surface area contributed by atoms with E-state index in [0.29, 0.717) is 12.5 Å². The van der Waals surface area contributed by atoms with Crippen molar-refractivity contribution in [3.63, 3.8) is 0 Å². The average Bonchev–Trinajstić information content (AvgIpc) is 2.48. The fourth-order valence-electron chi connectivity index (χ4n) is 2.55. The van der Waals surface area contributed by atoms with Crippen LogP contribution in [0.15, 0.2) is 24.3 Å². The second-order valence-corrected chi connectivity index (χ2v) is 5.40. The summed E-state index contributed by atoms with van der Waals surface area (Å²) in [6, 6.07) is 8.48. The molecule has 1 aromatic rings. The van der Waals surface area contributed by atoms with Crippen LogP contribution >= 0.6 is 0 Å². The Hall–Kier alpha value is -1.55. The van der Waals surface area contributed by atoms with Crippen LogP contribution in [0.2, 0.25) is 0 Å². The van der Waals surface area contributed by atoms with E-state index in [0.717, 1.165) is 38.2 Å². The van der Waals surface area contributed by atoms with Gasteiger partial charge in [-0.15, -0.1) is 0 Å². The molecule has 1 aliphatic rings. The molecule has 0 spiro atoms. The van der Waals surface area contributed by atoms with Gasteiger partial charge in [0, 0.05) is 32.1 Å². The molecule has 1 N–H and O–H groups in total. The smallest absolute Gasteiger partial charge is 0.222 e. The number of hydrogen-bond donors (Lipinski definition) is 1. The van der Waals surface area contributed by atoms with Crippen LogP contribution in [0.3, 0.4) is 0 Å². The lowest BCUT2D eigenvalue weighted by atomic mass is 10.1. The average molecular weight is 276 g/mol. The monoisotopic (exact) mass is 276 g/mol. The molecule has 20 heavy (non-hydrogen) atoms. The standard InChI is InChI=1S/C16H24N2O2/c1-13-12-18(11-10-17-13)16(19)5-3-4-14-6-8-15(20-2)9-7-14/h6-9,13,17H,3-5,10-12H2,1-2H3. The van der Waals surface area contributed by atoms with Gasteiger partial charge in [0.2, 0.25) is 5.91 Å². The lowest BCUT2D eigenvalue weighted by Crippen LogP contribution is -2.51. The van der Waals surface area contributed by atoms with Crippen molar-refractivity contribution >= 4 is 5.91 Å². The van der Waals surface area contributed by atoms with Crippen molar-refractivity contribution in [3.8, 4) is 5.75 Å². The highest BCUT2D eigenvalue weighted by atomic mass is 16.5. The Balaban J connectivity index is 1.73. The lowest BCUT2D eigenvalue weighted by molar-refractivity contribution is -0.132. The van der Waals surface area contributed by atoms with Gasteiger partial charge in [0.05, 0.1) is 7.11 Å². The summed E-state index contributed by atoms with van der Waals surface area (Å²) >= 11 is 0. The largest absolute Gasteiger partial charge is 0.497 e. The van der Waals surface area contributed by atoms with E-state index in [4.69, 9.17) is 4.74 Å². The van der Waals surface area contributed by atoms with Gasteiger partial charge >= 0.3 is 0 Å². The summed E-state index contributed by atoms with van der Waals surface area (Å²) in [5.41, 5.74) is 1.26. The number of carbonyl (C=O) groups is 1. The van der Waals surface area contributed by atoms with Crippen molar-refractivity contribution < 1.29 is 9.53 Å². The maximum absolute atomic E-state index is 12.1. The third-order valence-electron chi connectivity index (χ3n) is 3.74. The Bertz CT molecular complexity index is 431. The van der Waals surface area contributed by atoms with Crippen LogP contribution in [0.4, 0.5) is 0 Å². The first-order chi connectivity index (χ1) is 9.69. The molecule has 1 atom stereocenters. The number of nitrogens with one attached hydrogen (secondary N) is 1. The molecule has 1 aliphatic heterocycles. The molecule has 4 nitrogen and oxygen atoms in total. The van der Waals surface area contributed by atoms with Gasteiger partial charge in [0.1, 0.15) is 5.75 Å². The summed E-state index contributed by atoms with van der Waals surface area (Å²) in [4.78, 5) is 14.1. The molecule has 0 radical (unpaired) electrons. The fourth-order valence-corrected chi connectivity index (χ4v) is 2.55. The van der Waals surface area contributed by atoms with Gasteiger partial charge in [0.25, 0.3) is 0 Å². The molecule has 110 valence electrons. The number of ether oxygens (including phenoxy) is 1. The number of hydrogen-bond acceptors (Lipinski definition) is 3. The maximum Gasteiger partial charge on any atom is 0.222 e. The molecule has 4 heteroatoms. The minimum absolute atomic E-state index is 0.284. The first-order valence-electron chi connectivity index (χ1n) is 7.33. The third-order valence-corrected chi connectivity index (χ3v) is 3.74. The highest BCUT2D eigenvalue weighted by Crippen LogP contribution is 2.13. The summed E-state index contributed by atoms with van der Waals surface area (Å²) in [6.45, 7) is 4.70. The topological polar surface area (TPSA) is 41.6 Å². The van der Waals surface area contributed by atoms with Crippen LogP contribution in [-0.4, -0.2) is 43.6 Å². The second kappa shape index (κ2) is 7.29. The van der Waals surface area contributed by atoms with Gasteiger partial charge in [0.15, 0.2) is 0 Å². The number of methoxy groups -OCH3 is 1. The van der Waals surface area contributed by atoms with Crippen LogP contribution in [0.25, 0.3) is 0 Å². The summed E-state index contributed by atoms with van der Waals surface area (Å²) < 4.78 is 5.13. The molecule has 0 saturated carbocycles. The predicted molar refractivity (Wildman–Crippen MR) is 80.0 cm³/mol. The molecule has 0 bridgehead atoms. The number of amides is 1. The maximum atomic E-state index is 12.1. The molecule has 0 aliphatic carbocycles. The van der Waals surface area contributed by atoms with Crippen molar-refractivity contribution in [3.05, 3.63) is 29.8 Å². The number of carbonyl (C=O) groups excluding carboxylic acids is 1. The van der Waals surface area contributed by atoms with Gasteiger partial charge in [-0.25, -0.2) is 0 Å². The van der Waals surface area contributed by atoms with Crippen molar-refractivity contribution in [1.82, 2.24) is 10.2 Å². The Morgan fingerprint density at radius 3 is 2.80 bits per heavy atom. The minimum Gasteiger partial charge on any atom is -0.497 e. The van der Waals surface area contributed by atoms with E-state index in [9.17, 15) is 4.79 Å². The molecule has 1 unspecified atom stereocenters. The van der Waals surface area contributed by atoms with Gasteiger partial charge in [-0.3, -0.25) is 4.79 Å². The van der Waals surface area contributed by atoms with Crippen molar-refractivity contribution in [1.29, 1.82) is 0 Å². The van der Waals surface area contributed by atoms with Crippen LogP contribution in [0.1, 0.15) is 25.3 Å². The highest BCUT2D eigenvalue weighted by Gasteiger charge is 2.19. The Morgan fingerprint density at radius 1 is 1.40 bits per heavy atom. The zero-order valence-corrected chi connectivity index (χ0v) is 12.4. The van der Waals surface area contributed by atoms with Crippen LogP contribution < -0.4 is 10.1 Å². The van der Waals surface area contributed by atoms with Gasteiger partial charge in [-0.2, -0.15) is 0 Å². The Labute approximate surface area is 121 Å². The quantitative estimate of drug-likeness (QED) is 0.892. The highest BCUT2D eigenvalue weighted by molar-refractivity contribution is 5.76. The SMILES string of the molecule is COc1ccc(CCCC(=O)N2CCNC(C)C2)cc1. The van der Waals surface area contributed by atoms with Crippen LogP contribution in [-0.2, 0) is 11.2 Å². The van der Waals surface area contributed by atoms with Crippen LogP contribution in [0, 0.1) is 0 Å². The zero-order valence-electron chi connectivity index (χ0n) is 12.4. The van der Waals surface area contributed by atoms with Gasteiger partial charge in [-0.1, -0.05) is 12.1 Å². The van der Waals surface area contributed by atoms with E-state index >= 15 is 0 Å². The molecular weight excluding hydrogens is 252 g/mol. The fraction of sp³-hybridized carbons (Fsp3) is 0.562. The van der Waals surface area contributed by atoms with Crippen LogP contribution in [0.5, 0.6) is 5.75 Å². The Morgan fingerprint density at radius 2 is 2.15 bits per heavy atom. The second-order valence-electron chi connectivity index (χ2n) is 5.40. The zero-order chi connectivity index (χ0) is 14.4. The van der Waals surface area contributed by atoms with E-state index in [-0.39, 0.29) is 5.91 Å². The molecule has 2 rings (SSSR count). The normalized spacial score (nSPS) is 18.9. The molecule has 1 aromatic carbocycles. The third kappa shape index (κ3) is 4.23. The lowest BCUT2D eigenvalue weighted by Gasteiger charge is -2.32. The predicted octanol–water partition coefficient (Wildman–Crippen LogP) is 1.84. The van der Waals surface area contributed by atoms with E-state index in [1.807, 2.05) is 17.0 Å². The van der Waals surface area contributed by atoms with E-state index in [1.54, 1.807) is 7.11 Å².